The van der Waals surface area contributed by atoms with Gasteiger partial charge in [0.1, 0.15) is 0 Å². The summed E-state index contributed by atoms with van der Waals surface area (Å²) in [7, 11) is 0. The summed E-state index contributed by atoms with van der Waals surface area (Å²) >= 11 is 7.73. The van der Waals surface area contributed by atoms with Gasteiger partial charge in [-0.1, -0.05) is 13.0 Å². The van der Waals surface area contributed by atoms with Crippen LogP contribution in [-0.4, -0.2) is 10.5 Å². The van der Waals surface area contributed by atoms with Gasteiger partial charge in [-0.15, -0.1) is 11.8 Å². The molecule has 0 spiro atoms. The van der Waals surface area contributed by atoms with Gasteiger partial charge in [0.25, 0.3) is 5.24 Å². The number of thioether (sulfide) groups is 1. The number of halogens is 1. The molecule has 0 unspecified atom stereocenters. The van der Waals surface area contributed by atoms with E-state index in [9.17, 15) is 4.79 Å². The van der Waals surface area contributed by atoms with Gasteiger partial charge < -0.3 is 0 Å². The van der Waals surface area contributed by atoms with Crippen molar-refractivity contribution < 1.29 is 4.79 Å². The van der Waals surface area contributed by atoms with E-state index in [4.69, 9.17) is 11.6 Å². The normalized spacial score (nSPS) is 19.0. The van der Waals surface area contributed by atoms with Gasteiger partial charge in [0, 0.05) is 15.7 Å². The van der Waals surface area contributed by atoms with E-state index in [0.29, 0.717) is 5.92 Å². The quantitative estimate of drug-likeness (QED) is 0.724. The van der Waals surface area contributed by atoms with Gasteiger partial charge in [0.15, 0.2) is 0 Å². The highest BCUT2D eigenvalue weighted by molar-refractivity contribution is 8.00. The van der Waals surface area contributed by atoms with Crippen LogP contribution in [0.2, 0.25) is 0 Å². The third kappa shape index (κ3) is 2.46. The number of benzene rings is 1. The largest absolute Gasteiger partial charge is 0.276 e. The molecular weight excluding hydrogens is 264 g/mol. The molecule has 18 heavy (non-hydrogen) atoms. The van der Waals surface area contributed by atoms with Crippen LogP contribution >= 0.6 is 23.4 Å². The second-order valence-corrected chi connectivity index (χ2v) is 6.89. The minimum absolute atomic E-state index is 0.294. The van der Waals surface area contributed by atoms with Gasteiger partial charge in [-0.3, -0.25) is 4.79 Å². The Kier molecular flexibility index (Phi) is 3.42. The summed E-state index contributed by atoms with van der Waals surface area (Å²) in [6, 6.07) is 4.02. The van der Waals surface area contributed by atoms with Crippen LogP contribution < -0.4 is 0 Å². The van der Waals surface area contributed by atoms with Gasteiger partial charge in [0.05, 0.1) is 0 Å². The fraction of sp³-hybridized carbons (Fsp3) is 0.533. The Morgan fingerprint density at radius 1 is 1.33 bits per heavy atom. The van der Waals surface area contributed by atoms with E-state index in [0.717, 1.165) is 17.2 Å². The van der Waals surface area contributed by atoms with E-state index in [2.05, 4.69) is 13.0 Å². The molecule has 0 aromatic heterocycles. The third-order valence-electron chi connectivity index (χ3n) is 3.66. The van der Waals surface area contributed by atoms with Gasteiger partial charge in [-0.25, -0.2) is 0 Å². The summed E-state index contributed by atoms with van der Waals surface area (Å²) in [6.45, 7) is 2.19. The third-order valence-corrected chi connectivity index (χ3v) is 5.39. The molecule has 0 heterocycles. The maximum atomic E-state index is 11.6. The zero-order chi connectivity index (χ0) is 12.7. The van der Waals surface area contributed by atoms with Crippen LogP contribution in [0.25, 0.3) is 0 Å². The zero-order valence-corrected chi connectivity index (χ0v) is 12.1. The van der Waals surface area contributed by atoms with Crippen molar-refractivity contribution in [3.63, 3.8) is 0 Å². The number of carbonyl (C=O) groups excluding carboxylic acids is 1. The summed E-state index contributed by atoms with van der Waals surface area (Å²) in [5.41, 5.74) is 3.39. The summed E-state index contributed by atoms with van der Waals surface area (Å²) < 4.78 is 0. The van der Waals surface area contributed by atoms with E-state index < -0.39 is 0 Å². The average molecular weight is 281 g/mol. The Labute approximate surface area is 117 Å². The molecule has 2 fully saturated rings. The van der Waals surface area contributed by atoms with Gasteiger partial charge in [-0.05, 0) is 66.8 Å². The fourth-order valence-electron chi connectivity index (χ4n) is 2.36. The molecule has 0 saturated heterocycles. The molecule has 0 bridgehead atoms. The minimum Gasteiger partial charge on any atom is -0.276 e. The highest BCUT2D eigenvalue weighted by atomic mass is 35.5. The standard InChI is InChI=1S/C15H17ClOS/c1-2-9-5-8-12(15(16)17)13(10-3-4-10)14(9)18-11-6-7-11/h5,8,10-11H,2-4,6-7H2,1H3. The predicted octanol–water partition coefficient (Wildman–Crippen LogP) is 4.76. The first kappa shape index (κ1) is 12.6. The number of hydrogen-bond acceptors (Lipinski definition) is 2. The molecule has 3 heteroatoms. The average Bonchev–Trinajstić information content (AvgIpc) is 3.22. The molecule has 2 saturated carbocycles. The lowest BCUT2D eigenvalue weighted by Gasteiger charge is -2.16. The molecule has 2 aliphatic rings. The van der Waals surface area contributed by atoms with Crippen molar-refractivity contribution >= 4 is 28.6 Å². The highest BCUT2D eigenvalue weighted by Gasteiger charge is 2.33. The molecule has 2 aliphatic carbocycles. The van der Waals surface area contributed by atoms with Crippen LogP contribution in [0, 0.1) is 0 Å². The number of aryl methyl sites for hydroxylation is 1. The number of carbonyl (C=O) groups is 1. The van der Waals surface area contributed by atoms with Crippen LogP contribution in [0.4, 0.5) is 0 Å². The molecule has 0 N–H and O–H groups in total. The van der Waals surface area contributed by atoms with Crippen molar-refractivity contribution in [2.24, 2.45) is 0 Å². The van der Waals surface area contributed by atoms with Crippen molar-refractivity contribution in [3.8, 4) is 0 Å². The van der Waals surface area contributed by atoms with Gasteiger partial charge in [-0.2, -0.15) is 0 Å². The van der Waals surface area contributed by atoms with E-state index >= 15 is 0 Å². The summed E-state index contributed by atoms with van der Waals surface area (Å²) in [4.78, 5) is 13.0. The predicted molar refractivity (Wildman–Crippen MR) is 76.9 cm³/mol. The molecule has 0 radical (unpaired) electrons. The van der Waals surface area contributed by atoms with Crippen LogP contribution in [0.3, 0.4) is 0 Å². The van der Waals surface area contributed by atoms with E-state index in [-0.39, 0.29) is 5.24 Å². The number of rotatable bonds is 5. The van der Waals surface area contributed by atoms with Crippen molar-refractivity contribution in [2.45, 2.75) is 55.1 Å². The van der Waals surface area contributed by atoms with Crippen molar-refractivity contribution in [1.82, 2.24) is 0 Å². The highest BCUT2D eigenvalue weighted by Crippen LogP contribution is 2.50. The van der Waals surface area contributed by atoms with Crippen molar-refractivity contribution in [1.29, 1.82) is 0 Å². The van der Waals surface area contributed by atoms with Crippen LogP contribution in [0.15, 0.2) is 17.0 Å². The van der Waals surface area contributed by atoms with Gasteiger partial charge in [0.2, 0.25) is 0 Å². The van der Waals surface area contributed by atoms with Crippen molar-refractivity contribution in [3.05, 3.63) is 28.8 Å². The molecule has 0 aliphatic heterocycles. The smallest absolute Gasteiger partial charge is 0.252 e. The SMILES string of the molecule is CCc1ccc(C(=O)Cl)c(C2CC2)c1SC1CC1. The van der Waals surface area contributed by atoms with Crippen LogP contribution in [-0.2, 0) is 6.42 Å². The Bertz CT molecular complexity index is 490. The maximum Gasteiger partial charge on any atom is 0.252 e. The molecular formula is C15H17ClOS. The number of hydrogen-bond donors (Lipinski definition) is 0. The molecule has 1 aromatic rings. The molecule has 1 aromatic carbocycles. The molecule has 0 atom stereocenters. The molecule has 96 valence electrons. The van der Waals surface area contributed by atoms with Gasteiger partial charge >= 0.3 is 0 Å². The Balaban J connectivity index is 2.09. The molecule has 1 nitrogen and oxygen atoms in total. The van der Waals surface area contributed by atoms with E-state index in [1.165, 1.54) is 41.7 Å². The minimum atomic E-state index is -0.294. The topological polar surface area (TPSA) is 17.1 Å². The Hall–Kier alpha value is -0.470. The second kappa shape index (κ2) is 4.90. The molecule has 3 rings (SSSR count). The fourth-order valence-corrected chi connectivity index (χ4v) is 4.00. The Morgan fingerprint density at radius 2 is 2.06 bits per heavy atom. The first-order chi connectivity index (χ1) is 8.70. The lowest BCUT2D eigenvalue weighted by molar-refractivity contribution is 0.108. The van der Waals surface area contributed by atoms with E-state index in [1.807, 2.05) is 17.8 Å². The lowest BCUT2D eigenvalue weighted by atomic mass is 9.99. The zero-order valence-electron chi connectivity index (χ0n) is 10.5. The van der Waals surface area contributed by atoms with E-state index in [1.54, 1.807) is 0 Å². The maximum absolute atomic E-state index is 11.6. The van der Waals surface area contributed by atoms with Crippen LogP contribution in [0.5, 0.6) is 0 Å². The monoisotopic (exact) mass is 280 g/mol. The molecule has 0 amide bonds. The second-order valence-electron chi connectivity index (χ2n) is 5.23. The first-order valence-corrected chi connectivity index (χ1v) is 7.98. The van der Waals surface area contributed by atoms with Crippen LogP contribution in [0.1, 0.15) is 60.0 Å². The van der Waals surface area contributed by atoms with Crippen molar-refractivity contribution in [2.75, 3.05) is 0 Å². The first-order valence-electron chi connectivity index (χ1n) is 6.73. The summed E-state index contributed by atoms with van der Waals surface area (Å²) in [5.74, 6) is 0.579. The lowest BCUT2D eigenvalue weighted by Crippen LogP contribution is -2.02. The Morgan fingerprint density at radius 3 is 2.56 bits per heavy atom. The summed E-state index contributed by atoms with van der Waals surface area (Å²) in [5, 5.41) is 0.477. The summed E-state index contributed by atoms with van der Waals surface area (Å²) in [6.07, 6.45) is 6.09.